The second kappa shape index (κ2) is 5.94. The molecule has 0 amide bonds. The first kappa shape index (κ1) is 14.2. The SMILES string of the molecule is C=C(C)[C@@H](C)[C@H](O)/C=C/C#C[Si](C)(C)C. The lowest BCUT2D eigenvalue weighted by molar-refractivity contribution is 0.180. The molecule has 0 unspecified atom stereocenters. The van der Waals surface area contributed by atoms with Crippen LogP contribution in [-0.2, 0) is 0 Å². The number of aliphatic hydroxyl groups excluding tert-OH is 1. The molecule has 0 saturated carbocycles. The molecule has 0 bridgehead atoms. The standard InChI is InChI=1S/C13H22OSi/c1-11(2)12(3)13(14)9-7-8-10-15(4,5)6/h7,9,12-14H,1H2,2-6H3/b9-7+/t12-,13-/m1/s1. The van der Waals surface area contributed by atoms with E-state index in [-0.39, 0.29) is 5.92 Å². The quantitative estimate of drug-likeness (QED) is 0.442. The van der Waals surface area contributed by atoms with Gasteiger partial charge < -0.3 is 5.11 Å². The fourth-order valence-electron chi connectivity index (χ4n) is 0.863. The van der Waals surface area contributed by atoms with Gasteiger partial charge in [0, 0.05) is 5.92 Å². The lowest BCUT2D eigenvalue weighted by Crippen LogP contribution is -2.16. The van der Waals surface area contributed by atoms with E-state index in [4.69, 9.17) is 0 Å². The smallest absolute Gasteiger partial charge is 0.129 e. The van der Waals surface area contributed by atoms with Crippen molar-refractivity contribution in [2.24, 2.45) is 5.92 Å². The van der Waals surface area contributed by atoms with E-state index in [1.807, 2.05) is 13.8 Å². The third-order valence-electron chi connectivity index (χ3n) is 2.11. The first-order valence-corrected chi connectivity index (χ1v) is 8.77. The Balaban J connectivity index is 4.29. The maximum absolute atomic E-state index is 9.71. The number of aliphatic hydroxyl groups is 1. The van der Waals surface area contributed by atoms with Gasteiger partial charge in [-0.15, -0.1) is 5.54 Å². The van der Waals surface area contributed by atoms with Gasteiger partial charge in [0.15, 0.2) is 0 Å². The molecule has 2 atom stereocenters. The molecule has 0 aromatic carbocycles. The Labute approximate surface area is 94.9 Å². The highest BCUT2D eigenvalue weighted by Crippen LogP contribution is 2.12. The molecule has 84 valence electrons. The van der Waals surface area contributed by atoms with Crippen LogP contribution in [0.4, 0.5) is 0 Å². The van der Waals surface area contributed by atoms with Gasteiger partial charge in [-0.1, -0.05) is 44.6 Å². The molecular weight excluding hydrogens is 200 g/mol. The van der Waals surface area contributed by atoms with E-state index >= 15 is 0 Å². The molecule has 0 aliphatic carbocycles. The first-order chi connectivity index (χ1) is 6.74. The molecule has 0 aromatic heterocycles. The van der Waals surface area contributed by atoms with Crippen molar-refractivity contribution in [1.29, 1.82) is 0 Å². The fraction of sp³-hybridized carbons (Fsp3) is 0.538. The molecule has 1 N–H and O–H groups in total. The average Bonchev–Trinajstić information content (AvgIpc) is 2.09. The summed E-state index contributed by atoms with van der Waals surface area (Å²) < 4.78 is 0. The van der Waals surface area contributed by atoms with Gasteiger partial charge in [-0.05, 0) is 19.1 Å². The Morgan fingerprint density at radius 1 is 1.40 bits per heavy atom. The second-order valence-electron chi connectivity index (χ2n) is 5.00. The maximum Gasteiger partial charge on any atom is 0.129 e. The zero-order valence-electron chi connectivity index (χ0n) is 10.5. The van der Waals surface area contributed by atoms with Crippen molar-refractivity contribution in [2.75, 3.05) is 0 Å². The topological polar surface area (TPSA) is 20.2 Å². The number of allylic oxidation sites excluding steroid dienone is 1. The predicted molar refractivity (Wildman–Crippen MR) is 70.2 cm³/mol. The summed E-state index contributed by atoms with van der Waals surface area (Å²) in [7, 11) is -1.29. The summed E-state index contributed by atoms with van der Waals surface area (Å²) in [5, 5.41) is 9.71. The third kappa shape index (κ3) is 7.18. The van der Waals surface area contributed by atoms with Gasteiger partial charge in [0.25, 0.3) is 0 Å². The van der Waals surface area contributed by atoms with Crippen molar-refractivity contribution in [3.05, 3.63) is 24.3 Å². The van der Waals surface area contributed by atoms with E-state index in [0.29, 0.717) is 0 Å². The second-order valence-corrected chi connectivity index (χ2v) is 9.75. The molecule has 0 aliphatic rings. The molecule has 1 nitrogen and oxygen atoms in total. The summed E-state index contributed by atoms with van der Waals surface area (Å²) >= 11 is 0. The van der Waals surface area contributed by atoms with Crippen LogP contribution in [0.3, 0.4) is 0 Å². The molecule has 0 fully saturated rings. The van der Waals surface area contributed by atoms with Crippen LogP contribution in [0.5, 0.6) is 0 Å². The highest BCUT2D eigenvalue weighted by molar-refractivity contribution is 6.83. The minimum atomic E-state index is -1.29. The summed E-state index contributed by atoms with van der Waals surface area (Å²) in [4.78, 5) is 0. The molecule has 2 heteroatoms. The van der Waals surface area contributed by atoms with Gasteiger partial charge >= 0.3 is 0 Å². The van der Waals surface area contributed by atoms with E-state index in [9.17, 15) is 5.11 Å². The van der Waals surface area contributed by atoms with E-state index < -0.39 is 14.2 Å². The lowest BCUT2D eigenvalue weighted by Gasteiger charge is -2.14. The van der Waals surface area contributed by atoms with Crippen molar-refractivity contribution >= 4 is 8.07 Å². The van der Waals surface area contributed by atoms with Crippen LogP contribution in [0.1, 0.15) is 13.8 Å². The average molecular weight is 222 g/mol. The molecule has 0 saturated heterocycles. The van der Waals surface area contributed by atoms with Crippen LogP contribution >= 0.6 is 0 Å². The number of hydrogen-bond donors (Lipinski definition) is 1. The van der Waals surface area contributed by atoms with Gasteiger partial charge in [-0.3, -0.25) is 0 Å². The number of rotatable bonds is 3. The monoisotopic (exact) mass is 222 g/mol. The molecule has 0 rings (SSSR count). The van der Waals surface area contributed by atoms with E-state index in [1.54, 1.807) is 12.2 Å². The summed E-state index contributed by atoms with van der Waals surface area (Å²) in [6.45, 7) is 14.3. The molecule has 0 aromatic rings. The Morgan fingerprint density at radius 2 is 1.93 bits per heavy atom. The van der Waals surface area contributed by atoms with Gasteiger partial charge in [-0.2, -0.15) is 0 Å². The molecular formula is C13H22OSi. The van der Waals surface area contributed by atoms with Crippen molar-refractivity contribution in [3.8, 4) is 11.5 Å². The minimum Gasteiger partial charge on any atom is -0.388 e. The fourth-order valence-corrected chi connectivity index (χ4v) is 1.38. The van der Waals surface area contributed by atoms with Crippen molar-refractivity contribution in [2.45, 2.75) is 39.6 Å². The highest BCUT2D eigenvalue weighted by atomic mass is 28.3. The van der Waals surface area contributed by atoms with Gasteiger partial charge in [0.1, 0.15) is 8.07 Å². The summed E-state index contributed by atoms with van der Waals surface area (Å²) in [5.41, 5.74) is 4.20. The normalized spacial score (nSPS) is 15.6. The largest absolute Gasteiger partial charge is 0.388 e. The Morgan fingerprint density at radius 3 is 2.33 bits per heavy atom. The van der Waals surface area contributed by atoms with Crippen molar-refractivity contribution in [3.63, 3.8) is 0 Å². The molecule has 0 aliphatic heterocycles. The first-order valence-electron chi connectivity index (χ1n) is 5.27. The van der Waals surface area contributed by atoms with Gasteiger partial charge in [-0.25, -0.2) is 0 Å². The number of hydrogen-bond acceptors (Lipinski definition) is 1. The van der Waals surface area contributed by atoms with Crippen molar-refractivity contribution < 1.29 is 5.11 Å². The molecule has 0 radical (unpaired) electrons. The van der Waals surface area contributed by atoms with Crippen LogP contribution in [0.15, 0.2) is 24.3 Å². The summed E-state index contributed by atoms with van der Waals surface area (Å²) in [5.74, 6) is 3.08. The van der Waals surface area contributed by atoms with Crippen LogP contribution in [0, 0.1) is 17.4 Å². The lowest BCUT2D eigenvalue weighted by atomic mass is 9.97. The highest BCUT2D eigenvalue weighted by Gasteiger charge is 2.10. The summed E-state index contributed by atoms with van der Waals surface area (Å²) in [6, 6.07) is 0. The van der Waals surface area contributed by atoms with E-state index in [0.717, 1.165) is 5.57 Å². The van der Waals surface area contributed by atoms with Crippen LogP contribution in [0.25, 0.3) is 0 Å². The van der Waals surface area contributed by atoms with Gasteiger partial charge in [0.2, 0.25) is 0 Å². The van der Waals surface area contributed by atoms with Crippen LogP contribution < -0.4 is 0 Å². The van der Waals surface area contributed by atoms with Crippen molar-refractivity contribution in [1.82, 2.24) is 0 Å². The van der Waals surface area contributed by atoms with Crippen LogP contribution in [-0.4, -0.2) is 19.3 Å². The predicted octanol–water partition coefficient (Wildman–Crippen LogP) is 3.00. The molecule has 0 spiro atoms. The van der Waals surface area contributed by atoms with E-state index in [2.05, 4.69) is 37.7 Å². The maximum atomic E-state index is 9.71. The summed E-state index contributed by atoms with van der Waals surface area (Å²) in [6.07, 6.45) is 3.02. The Hall–Kier alpha value is -0.783. The Kier molecular flexibility index (Phi) is 5.63. The molecule has 0 heterocycles. The molecule has 15 heavy (non-hydrogen) atoms. The zero-order valence-corrected chi connectivity index (χ0v) is 11.5. The minimum absolute atomic E-state index is 0.0925. The van der Waals surface area contributed by atoms with Gasteiger partial charge in [0.05, 0.1) is 6.10 Å². The van der Waals surface area contributed by atoms with E-state index in [1.165, 1.54) is 0 Å². The third-order valence-corrected chi connectivity index (χ3v) is 3.01. The van der Waals surface area contributed by atoms with Crippen LogP contribution in [0.2, 0.25) is 19.6 Å². The zero-order chi connectivity index (χ0) is 12.1. The Bertz CT molecular complexity index is 299.